The highest BCUT2D eigenvalue weighted by molar-refractivity contribution is 5.86. The molecule has 0 aliphatic carbocycles. The van der Waals surface area contributed by atoms with Crippen molar-refractivity contribution in [2.45, 2.75) is 33.8 Å². The molecule has 3 rings (SSSR count). The molecule has 0 radical (unpaired) electrons. The third-order valence-corrected chi connectivity index (χ3v) is 4.67. The van der Waals surface area contributed by atoms with Crippen molar-refractivity contribution in [3.05, 3.63) is 75.1 Å². The third kappa shape index (κ3) is 3.58. The second kappa shape index (κ2) is 7.66. The van der Waals surface area contributed by atoms with Crippen molar-refractivity contribution in [2.24, 2.45) is 0 Å². The molecule has 27 heavy (non-hydrogen) atoms. The van der Waals surface area contributed by atoms with Crippen LogP contribution in [-0.2, 0) is 9.53 Å². The van der Waals surface area contributed by atoms with E-state index in [1.807, 2.05) is 50.2 Å². The maximum atomic E-state index is 12.5. The highest BCUT2D eigenvalue weighted by Crippen LogP contribution is 2.32. The second-order valence-corrected chi connectivity index (χ2v) is 6.37. The first-order chi connectivity index (χ1) is 12.9. The molecule has 0 aliphatic heterocycles. The summed E-state index contributed by atoms with van der Waals surface area (Å²) in [5.41, 5.74) is 2.92. The van der Waals surface area contributed by atoms with Crippen LogP contribution in [0.5, 0.6) is 5.75 Å². The lowest BCUT2D eigenvalue weighted by Crippen LogP contribution is -2.21. The van der Waals surface area contributed by atoms with E-state index in [4.69, 9.17) is 13.9 Å². The standard InChI is InChI=1S/C22H22O5/c1-5-25-22(24)20(16-9-7-6-8-10-16)26-18-12-11-17-13(2)14(3)21(23)27-19(17)15(18)4/h6-12,20H,5H2,1-4H3/t20-/m1/s1. The quantitative estimate of drug-likeness (QED) is 0.494. The van der Waals surface area contributed by atoms with Gasteiger partial charge in [-0.2, -0.15) is 0 Å². The molecular weight excluding hydrogens is 344 g/mol. The van der Waals surface area contributed by atoms with Crippen LogP contribution in [0.2, 0.25) is 0 Å². The molecule has 0 amide bonds. The Morgan fingerprint density at radius 1 is 1.00 bits per heavy atom. The molecule has 0 spiro atoms. The van der Waals surface area contributed by atoms with Crippen molar-refractivity contribution in [3.63, 3.8) is 0 Å². The maximum Gasteiger partial charge on any atom is 0.352 e. The van der Waals surface area contributed by atoms with Gasteiger partial charge in [0.1, 0.15) is 11.3 Å². The van der Waals surface area contributed by atoms with Gasteiger partial charge < -0.3 is 13.9 Å². The van der Waals surface area contributed by atoms with E-state index >= 15 is 0 Å². The number of carbonyl (C=O) groups excluding carboxylic acids is 1. The van der Waals surface area contributed by atoms with Crippen molar-refractivity contribution in [3.8, 4) is 5.75 Å². The summed E-state index contributed by atoms with van der Waals surface area (Å²) < 4.78 is 16.7. The van der Waals surface area contributed by atoms with Crippen LogP contribution in [0.3, 0.4) is 0 Å². The topological polar surface area (TPSA) is 65.7 Å². The van der Waals surface area contributed by atoms with Crippen LogP contribution in [0.25, 0.3) is 11.0 Å². The molecule has 1 heterocycles. The molecule has 0 fully saturated rings. The molecule has 0 aliphatic rings. The van der Waals surface area contributed by atoms with E-state index in [0.29, 0.717) is 28.0 Å². The summed E-state index contributed by atoms with van der Waals surface area (Å²) >= 11 is 0. The summed E-state index contributed by atoms with van der Waals surface area (Å²) in [4.78, 5) is 24.5. The molecule has 0 unspecified atom stereocenters. The van der Waals surface area contributed by atoms with E-state index in [9.17, 15) is 9.59 Å². The molecule has 140 valence electrons. The van der Waals surface area contributed by atoms with Gasteiger partial charge in [-0.05, 0) is 45.4 Å². The molecule has 3 aromatic rings. The van der Waals surface area contributed by atoms with Crippen molar-refractivity contribution >= 4 is 16.9 Å². The third-order valence-electron chi connectivity index (χ3n) is 4.67. The van der Waals surface area contributed by atoms with E-state index in [1.54, 1.807) is 19.9 Å². The first kappa shape index (κ1) is 18.7. The molecule has 5 nitrogen and oxygen atoms in total. The minimum Gasteiger partial charge on any atom is -0.474 e. The molecule has 1 atom stereocenters. The first-order valence-corrected chi connectivity index (χ1v) is 8.85. The number of rotatable bonds is 5. The van der Waals surface area contributed by atoms with Crippen molar-refractivity contribution in [1.82, 2.24) is 0 Å². The number of carbonyl (C=O) groups is 1. The zero-order valence-electron chi connectivity index (χ0n) is 15.9. The van der Waals surface area contributed by atoms with Gasteiger partial charge in [-0.25, -0.2) is 9.59 Å². The van der Waals surface area contributed by atoms with Gasteiger partial charge >= 0.3 is 11.6 Å². The normalized spacial score (nSPS) is 12.0. The molecule has 0 N–H and O–H groups in total. The molecule has 2 aromatic carbocycles. The van der Waals surface area contributed by atoms with Gasteiger partial charge in [0.05, 0.1) is 6.61 Å². The lowest BCUT2D eigenvalue weighted by molar-refractivity contribution is -0.151. The Kier molecular flexibility index (Phi) is 5.31. The van der Waals surface area contributed by atoms with E-state index < -0.39 is 12.1 Å². The SMILES string of the molecule is CCOC(=O)[C@H](Oc1ccc2c(C)c(C)c(=O)oc2c1C)c1ccccc1. The van der Waals surface area contributed by atoms with Crippen LogP contribution < -0.4 is 10.4 Å². The van der Waals surface area contributed by atoms with E-state index in [0.717, 1.165) is 10.9 Å². The van der Waals surface area contributed by atoms with Crippen molar-refractivity contribution in [1.29, 1.82) is 0 Å². The first-order valence-electron chi connectivity index (χ1n) is 8.85. The van der Waals surface area contributed by atoms with Crippen LogP contribution in [0.1, 0.15) is 35.3 Å². The fourth-order valence-electron chi connectivity index (χ4n) is 2.98. The van der Waals surface area contributed by atoms with Gasteiger partial charge in [0.2, 0.25) is 6.10 Å². The molecule has 0 saturated carbocycles. The average molecular weight is 366 g/mol. The second-order valence-electron chi connectivity index (χ2n) is 6.37. The number of hydrogen-bond acceptors (Lipinski definition) is 5. The summed E-state index contributed by atoms with van der Waals surface area (Å²) in [5.74, 6) is 0.000505. The Morgan fingerprint density at radius 3 is 2.37 bits per heavy atom. The monoisotopic (exact) mass is 366 g/mol. The zero-order chi connectivity index (χ0) is 19.6. The highest BCUT2D eigenvalue weighted by Gasteiger charge is 2.25. The Morgan fingerprint density at radius 2 is 1.70 bits per heavy atom. The number of aryl methyl sites for hydroxylation is 2. The highest BCUT2D eigenvalue weighted by atomic mass is 16.6. The fraction of sp³-hybridized carbons (Fsp3) is 0.273. The van der Waals surface area contributed by atoms with Crippen LogP contribution in [0.4, 0.5) is 0 Å². The summed E-state index contributed by atoms with van der Waals surface area (Å²) in [5, 5.41) is 0.851. The molecular formula is C22H22O5. The van der Waals surface area contributed by atoms with Gasteiger partial charge in [0.15, 0.2) is 0 Å². The predicted molar refractivity (Wildman–Crippen MR) is 103 cm³/mol. The lowest BCUT2D eigenvalue weighted by Gasteiger charge is -2.20. The number of fused-ring (bicyclic) bond motifs is 1. The van der Waals surface area contributed by atoms with Gasteiger partial charge in [-0.15, -0.1) is 0 Å². The van der Waals surface area contributed by atoms with Crippen LogP contribution in [0, 0.1) is 20.8 Å². The summed E-state index contributed by atoms with van der Waals surface area (Å²) in [6, 6.07) is 12.8. The largest absolute Gasteiger partial charge is 0.474 e. The summed E-state index contributed by atoms with van der Waals surface area (Å²) in [6.45, 7) is 7.45. The minimum atomic E-state index is -0.902. The van der Waals surface area contributed by atoms with Crippen LogP contribution in [-0.4, -0.2) is 12.6 Å². The molecule has 1 aromatic heterocycles. The Balaban J connectivity index is 2.07. The fourth-order valence-corrected chi connectivity index (χ4v) is 2.98. The van der Waals surface area contributed by atoms with Crippen molar-refractivity contribution in [2.75, 3.05) is 6.61 Å². The predicted octanol–water partition coefficient (Wildman–Crippen LogP) is 4.40. The average Bonchev–Trinajstić information content (AvgIpc) is 2.67. The molecule has 0 saturated heterocycles. The molecule has 5 heteroatoms. The lowest BCUT2D eigenvalue weighted by atomic mass is 10.0. The summed E-state index contributed by atoms with van der Waals surface area (Å²) in [6.07, 6.45) is -0.902. The Labute approximate surface area is 157 Å². The van der Waals surface area contributed by atoms with Gasteiger partial charge in [-0.3, -0.25) is 0 Å². The van der Waals surface area contributed by atoms with Gasteiger partial charge in [-0.1, -0.05) is 30.3 Å². The van der Waals surface area contributed by atoms with Gasteiger partial charge in [0.25, 0.3) is 0 Å². The van der Waals surface area contributed by atoms with Gasteiger partial charge in [0, 0.05) is 22.1 Å². The number of ether oxygens (including phenoxy) is 2. The zero-order valence-corrected chi connectivity index (χ0v) is 15.9. The number of hydrogen-bond donors (Lipinski definition) is 0. The summed E-state index contributed by atoms with van der Waals surface area (Å²) in [7, 11) is 0. The number of esters is 1. The molecule has 0 bridgehead atoms. The minimum absolute atomic E-state index is 0.260. The van der Waals surface area contributed by atoms with Crippen LogP contribution in [0.15, 0.2) is 51.7 Å². The Hall–Kier alpha value is -3.08. The van der Waals surface area contributed by atoms with E-state index in [2.05, 4.69) is 0 Å². The smallest absolute Gasteiger partial charge is 0.352 e. The van der Waals surface area contributed by atoms with E-state index in [-0.39, 0.29) is 12.2 Å². The van der Waals surface area contributed by atoms with Crippen molar-refractivity contribution < 1.29 is 18.7 Å². The van der Waals surface area contributed by atoms with Crippen LogP contribution >= 0.6 is 0 Å². The number of benzene rings is 2. The van der Waals surface area contributed by atoms with E-state index in [1.165, 1.54) is 0 Å². The Bertz CT molecular complexity index is 1030. The maximum absolute atomic E-state index is 12.5.